The first-order chi connectivity index (χ1) is 8.83. The van der Waals surface area contributed by atoms with Crippen molar-refractivity contribution in [3.05, 3.63) is 45.6 Å². The minimum atomic E-state index is 0.110. The summed E-state index contributed by atoms with van der Waals surface area (Å²) >= 11 is 2.23. The Morgan fingerprint density at radius 2 is 2.00 bits per heavy atom. The molecular weight excluding hydrogens is 343 g/mol. The normalized spacial score (nSPS) is 11.8. The number of halogens is 1. The number of benzene rings is 1. The Bertz CT molecular complexity index is 338. The maximum atomic E-state index is 8.69. The summed E-state index contributed by atoms with van der Waals surface area (Å²) in [5, 5.41) is 8.69. The van der Waals surface area contributed by atoms with Gasteiger partial charge in [0.2, 0.25) is 0 Å². The van der Waals surface area contributed by atoms with Crippen LogP contribution in [0.5, 0.6) is 0 Å². The van der Waals surface area contributed by atoms with Crippen LogP contribution in [0.25, 0.3) is 0 Å². The molecule has 0 aliphatic carbocycles. The second-order valence-electron chi connectivity index (χ2n) is 3.80. The number of aliphatic hydroxyl groups is 1. The highest BCUT2D eigenvalue weighted by Gasteiger charge is 1.94. The zero-order valence-corrected chi connectivity index (χ0v) is 12.5. The average Bonchev–Trinajstić information content (AvgIpc) is 2.39. The van der Waals surface area contributed by atoms with Gasteiger partial charge in [-0.05, 0) is 50.7 Å². The fourth-order valence-corrected chi connectivity index (χ4v) is 1.97. The maximum absolute atomic E-state index is 8.69. The van der Waals surface area contributed by atoms with Crippen molar-refractivity contribution in [2.24, 2.45) is 0 Å². The molecule has 1 rings (SSSR count). The molecule has 0 amide bonds. The van der Waals surface area contributed by atoms with E-state index in [0.717, 1.165) is 18.4 Å². The van der Waals surface area contributed by atoms with Crippen molar-refractivity contribution < 1.29 is 14.6 Å². The number of allylic oxidation sites excluding steroid dienone is 1. The van der Waals surface area contributed by atoms with Gasteiger partial charge in [-0.3, -0.25) is 0 Å². The Balaban J connectivity index is 1.95. The van der Waals surface area contributed by atoms with E-state index >= 15 is 0 Å². The van der Waals surface area contributed by atoms with E-state index in [1.165, 1.54) is 3.58 Å². The van der Waals surface area contributed by atoms with Crippen LogP contribution >= 0.6 is 22.6 Å². The van der Waals surface area contributed by atoms with Crippen LogP contribution < -0.4 is 0 Å². The highest BCUT2D eigenvalue weighted by atomic mass is 127. The largest absolute Gasteiger partial charge is 0.392 e. The van der Waals surface area contributed by atoms with Gasteiger partial charge in [0, 0.05) is 6.61 Å². The third kappa shape index (κ3) is 7.81. The highest BCUT2D eigenvalue weighted by Crippen LogP contribution is 2.12. The SMILES string of the molecule is OC/C=C(/I)CCCOCOCc1ccccc1. The summed E-state index contributed by atoms with van der Waals surface area (Å²) in [4.78, 5) is 0. The van der Waals surface area contributed by atoms with E-state index in [1.807, 2.05) is 36.4 Å². The van der Waals surface area contributed by atoms with E-state index in [1.54, 1.807) is 0 Å². The molecule has 0 saturated carbocycles. The van der Waals surface area contributed by atoms with Gasteiger partial charge in [-0.15, -0.1) is 0 Å². The van der Waals surface area contributed by atoms with Crippen LogP contribution in [0.3, 0.4) is 0 Å². The van der Waals surface area contributed by atoms with Crippen LogP contribution in [0.2, 0.25) is 0 Å². The molecule has 4 heteroatoms. The van der Waals surface area contributed by atoms with Crippen molar-refractivity contribution in [3.63, 3.8) is 0 Å². The van der Waals surface area contributed by atoms with Crippen LogP contribution in [0.15, 0.2) is 40.0 Å². The summed E-state index contributed by atoms with van der Waals surface area (Å²) in [6.45, 7) is 1.71. The van der Waals surface area contributed by atoms with Crippen LogP contribution in [-0.4, -0.2) is 25.1 Å². The monoisotopic (exact) mass is 362 g/mol. The van der Waals surface area contributed by atoms with Crippen molar-refractivity contribution in [2.45, 2.75) is 19.4 Å². The summed E-state index contributed by atoms with van der Waals surface area (Å²) in [6.07, 6.45) is 3.70. The van der Waals surface area contributed by atoms with Crippen LogP contribution in [0.4, 0.5) is 0 Å². The van der Waals surface area contributed by atoms with Gasteiger partial charge in [0.15, 0.2) is 0 Å². The van der Waals surface area contributed by atoms with Crippen molar-refractivity contribution in [1.29, 1.82) is 0 Å². The average molecular weight is 362 g/mol. The zero-order valence-electron chi connectivity index (χ0n) is 10.3. The summed E-state index contributed by atoms with van der Waals surface area (Å²) in [5.74, 6) is 0. The summed E-state index contributed by atoms with van der Waals surface area (Å²) in [7, 11) is 0. The van der Waals surface area contributed by atoms with Crippen molar-refractivity contribution in [2.75, 3.05) is 20.0 Å². The van der Waals surface area contributed by atoms with Crippen molar-refractivity contribution in [3.8, 4) is 0 Å². The molecule has 0 saturated heterocycles. The number of hydrogen-bond acceptors (Lipinski definition) is 3. The van der Waals surface area contributed by atoms with Crippen molar-refractivity contribution >= 4 is 22.6 Å². The Kier molecular flexibility index (Phi) is 9.11. The molecule has 0 aliphatic rings. The lowest BCUT2D eigenvalue weighted by Gasteiger charge is -2.05. The number of ether oxygens (including phenoxy) is 2. The van der Waals surface area contributed by atoms with E-state index in [9.17, 15) is 0 Å². The van der Waals surface area contributed by atoms with Gasteiger partial charge in [-0.2, -0.15) is 0 Å². The fourth-order valence-electron chi connectivity index (χ4n) is 1.40. The lowest BCUT2D eigenvalue weighted by Crippen LogP contribution is -2.01. The first-order valence-electron chi connectivity index (χ1n) is 5.97. The Labute approximate surface area is 122 Å². The van der Waals surface area contributed by atoms with Gasteiger partial charge in [0.1, 0.15) is 6.79 Å². The van der Waals surface area contributed by atoms with Gasteiger partial charge in [0.05, 0.1) is 13.2 Å². The molecule has 0 aromatic heterocycles. The molecule has 1 aromatic rings. The topological polar surface area (TPSA) is 38.7 Å². The molecule has 0 spiro atoms. The number of rotatable bonds is 9. The van der Waals surface area contributed by atoms with Crippen LogP contribution in [-0.2, 0) is 16.1 Å². The summed E-state index contributed by atoms with van der Waals surface area (Å²) in [5.41, 5.74) is 1.15. The number of aliphatic hydroxyl groups excluding tert-OH is 1. The lowest BCUT2D eigenvalue weighted by molar-refractivity contribution is -0.0618. The van der Waals surface area contributed by atoms with E-state index < -0.39 is 0 Å². The lowest BCUT2D eigenvalue weighted by atomic mass is 10.2. The molecule has 0 atom stereocenters. The molecule has 3 nitrogen and oxygen atoms in total. The first-order valence-corrected chi connectivity index (χ1v) is 7.05. The maximum Gasteiger partial charge on any atom is 0.147 e. The molecule has 100 valence electrons. The number of hydrogen-bond donors (Lipinski definition) is 1. The third-order valence-electron chi connectivity index (χ3n) is 2.30. The molecule has 18 heavy (non-hydrogen) atoms. The van der Waals surface area contributed by atoms with Crippen LogP contribution in [0, 0.1) is 0 Å². The quantitative estimate of drug-likeness (QED) is 0.416. The Hall–Kier alpha value is -0.430. The van der Waals surface area contributed by atoms with Crippen molar-refractivity contribution in [1.82, 2.24) is 0 Å². The Morgan fingerprint density at radius 3 is 2.72 bits per heavy atom. The minimum Gasteiger partial charge on any atom is -0.392 e. The smallest absolute Gasteiger partial charge is 0.147 e. The van der Waals surface area contributed by atoms with Gasteiger partial charge in [-0.25, -0.2) is 0 Å². The molecule has 1 aromatic carbocycles. The summed E-state index contributed by atoms with van der Waals surface area (Å²) in [6, 6.07) is 10.0. The van der Waals surface area contributed by atoms with Gasteiger partial charge < -0.3 is 14.6 Å². The molecule has 0 unspecified atom stereocenters. The molecule has 0 aliphatic heterocycles. The van der Waals surface area contributed by atoms with E-state index in [4.69, 9.17) is 14.6 Å². The zero-order chi connectivity index (χ0) is 13.1. The summed E-state index contributed by atoms with van der Waals surface area (Å²) < 4.78 is 11.9. The second-order valence-corrected chi connectivity index (χ2v) is 5.18. The molecule has 0 fully saturated rings. The van der Waals surface area contributed by atoms with Gasteiger partial charge in [-0.1, -0.05) is 30.3 Å². The minimum absolute atomic E-state index is 0.110. The van der Waals surface area contributed by atoms with Crippen LogP contribution in [0.1, 0.15) is 18.4 Å². The van der Waals surface area contributed by atoms with Gasteiger partial charge >= 0.3 is 0 Å². The highest BCUT2D eigenvalue weighted by molar-refractivity contribution is 14.1. The first kappa shape index (κ1) is 15.6. The van der Waals surface area contributed by atoms with E-state index in [2.05, 4.69) is 22.6 Å². The third-order valence-corrected chi connectivity index (χ3v) is 3.28. The Morgan fingerprint density at radius 1 is 1.22 bits per heavy atom. The second kappa shape index (κ2) is 10.5. The molecular formula is C14H19IO3. The molecule has 0 bridgehead atoms. The molecule has 0 heterocycles. The predicted octanol–water partition coefficient (Wildman–Crippen LogP) is 3.27. The van der Waals surface area contributed by atoms with E-state index in [0.29, 0.717) is 20.0 Å². The van der Waals surface area contributed by atoms with Gasteiger partial charge in [0.25, 0.3) is 0 Å². The fraction of sp³-hybridized carbons (Fsp3) is 0.429. The molecule has 0 radical (unpaired) electrons. The van der Waals surface area contributed by atoms with E-state index in [-0.39, 0.29) is 6.61 Å². The predicted molar refractivity (Wildman–Crippen MR) is 80.5 cm³/mol. The standard InChI is InChI=1S/C14H19IO3/c15-14(8-9-16)7-4-10-17-12-18-11-13-5-2-1-3-6-13/h1-3,5-6,8,16H,4,7,9-12H2/b14-8+. The molecule has 1 N–H and O–H groups in total.